The fraction of sp³-hybridized carbons (Fsp3) is 1.00. The van der Waals surface area contributed by atoms with Gasteiger partial charge in [-0.25, -0.2) is 0 Å². The maximum atomic E-state index is 10.1. The lowest BCUT2D eigenvalue weighted by molar-refractivity contribution is -0.422. The Morgan fingerprint density at radius 1 is 0.909 bits per heavy atom. The SMILES string of the molecule is OC[C@H]1OC2(CO[C@]3(C[C@@H](O)[C@H](O)[C@@H](CO)O3)O2)[C@@H](O)[C@@H]1O. The molecule has 0 radical (unpaired) electrons. The quantitative estimate of drug-likeness (QED) is 0.295. The number of hydrogen-bond acceptors (Lipinski definition) is 10. The minimum Gasteiger partial charge on any atom is -0.394 e. The lowest BCUT2D eigenvalue weighted by Crippen LogP contribution is -2.58. The average Bonchev–Trinajstić information content (AvgIpc) is 2.97. The number of aliphatic hydroxyl groups excluding tert-OH is 6. The van der Waals surface area contributed by atoms with Crippen molar-refractivity contribution in [2.45, 2.75) is 54.8 Å². The second-order valence-electron chi connectivity index (χ2n) is 5.76. The summed E-state index contributed by atoms with van der Waals surface area (Å²) in [5, 5.41) is 57.8. The maximum absolute atomic E-state index is 10.1. The molecule has 0 saturated carbocycles. The van der Waals surface area contributed by atoms with Gasteiger partial charge in [-0.2, -0.15) is 0 Å². The number of ether oxygens (including phenoxy) is 4. The van der Waals surface area contributed by atoms with Crippen LogP contribution in [0.25, 0.3) is 0 Å². The average molecular weight is 324 g/mol. The van der Waals surface area contributed by atoms with Crippen LogP contribution in [0.2, 0.25) is 0 Å². The third-order valence-corrected chi connectivity index (χ3v) is 4.25. The van der Waals surface area contributed by atoms with Crippen LogP contribution in [0.5, 0.6) is 0 Å². The molecule has 0 amide bonds. The summed E-state index contributed by atoms with van der Waals surface area (Å²) in [6, 6.07) is 0. The lowest BCUT2D eigenvalue weighted by Gasteiger charge is -2.41. The van der Waals surface area contributed by atoms with E-state index in [0.717, 1.165) is 0 Å². The van der Waals surface area contributed by atoms with Crippen molar-refractivity contribution in [1.82, 2.24) is 0 Å². The van der Waals surface area contributed by atoms with E-state index in [1.54, 1.807) is 0 Å². The molecule has 8 atom stereocenters. The van der Waals surface area contributed by atoms with Crippen LogP contribution in [0.4, 0.5) is 0 Å². The highest BCUT2D eigenvalue weighted by Crippen LogP contribution is 2.46. The van der Waals surface area contributed by atoms with Gasteiger partial charge in [0.05, 0.1) is 25.7 Å². The minimum absolute atomic E-state index is 0.275. The first-order valence-electron chi connectivity index (χ1n) is 7.00. The van der Waals surface area contributed by atoms with Crippen molar-refractivity contribution in [3.63, 3.8) is 0 Å². The summed E-state index contributed by atoms with van der Waals surface area (Å²) in [5.74, 6) is -3.58. The molecule has 0 bridgehead atoms. The lowest BCUT2D eigenvalue weighted by atomic mass is 10.0. The van der Waals surface area contributed by atoms with Gasteiger partial charge < -0.3 is 44.8 Å². The molecule has 0 aromatic heterocycles. The molecule has 10 nitrogen and oxygen atoms in total. The number of aliphatic hydroxyl groups is 6. The molecule has 6 N–H and O–H groups in total. The van der Waals surface area contributed by atoms with Crippen molar-refractivity contribution in [2.75, 3.05) is 19.8 Å². The number of rotatable bonds is 2. The second kappa shape index (κ2) is 5.60. The van der Waals surface area contributed by atoms with Crippen molar-refractivity contribution in [2.24, 2.45) is 0 Å². The highest BCUT2D eigenvalue weighted by molar-refractivity contribution is 5.01. The zero-order valence-corrected chi connectivity index (χ0v) is 11.6. The fourth-order valence-corrected chi connectivity index (χ4v) is 3.02. The van der Waals surface area contributed by atoms with E-state index < -0.39 is 61.6 Å². The van der Waals surface area contributed by atoms with E-state index in [1.165, 1.54) is 0 Å². The van der Waals surface area contributed by atoms with E-state index >= 15 is 0 Å². The van der Waals surface area contributed by atoms with E-state index in [-0.39, 0.29) is 13.0 Å². The highest BCUT2D eigenvalue weighted by atomic mass is 17.0. The Kier molecular flexibility index (Phi) is 4.19. The van der Waals surface area contributed by atoms with Gasteiger partial charge >= 0.3 is 0 Å². The van der Waals surface area contributed by atoms with Crippen molar-refractivity contribution >= 4 is 0 Å². The van der Waals surface area contributed by atoms with Crippen LogP contribution in [-0.4, -0.2) is 98.8 Å². The molecule has 0 aromatic rings. The molecule has 3 aliphatic rings. The molecule has 3 heterocycles. The van der Waals surface area contributed by atoms with Crippen LogP contribution in [0, 0.1) is 0 Å². The second-order valence-corrected chi connectivity index (χ2v) is 5.76. The Morgan fingerprint density at radius 3 is 2.14 bits per heavy atom. The third kappa shape index (κ3) is 2.36. The largest absolute Gasteiger partial charge is 0.394 e. The monoisotopic (exact) mass is 324 g/mol. The van der Waals surface area contributed by atoms with Gasteiger partial charge in [-0.3, -0.25) is 4.74 Å². The van der Waals surface area contributed by atoms with Gasteiger partial charge in [0.25, 0.3) is 5.97 Å². The molecule has 10 heteroatoms. The standard InChI is InChI=1S/C12H20O10/c13-2-6-8(16)5(15)1-12(21-6)19-4-11(22-12)10(18)9(17)7(3-14)20-11/h5-10,13-18H,1-4H2/t5-,6-,7-,8+,9-,10+,11?,12+/m1/s1. The van der Waals surface area contributed by atoms with Crippen LogP contribution in [0.15, 0.2) is 0 Å². The third-order valence-electron chi connectivity index (χ3n) is 4.25. The summed E-state index contributed by atoms with van der Waals surface area (Å²) in [5.41, 5.74) is 0. The normalized spacial score (nSPS) is 55.4. The molecule has 3 fully saturated rings. The predicted octanol–water partition coefficient (Wildman–Crippen LogP) is -4.00. The van der Waals surface area contributed by atoms with E-state index in [0.29, 0.717) is 0 Å². The van der Waals surface area contributed by atoms with E-state index in [4.69, 9.17) is 24.1 Å². The number of hydrogen-bond donors (Lipinski definition) is 6. The Balaban J connectivity index is 1.79. The first-order valence-corrected chi connectivity index (χ1v) is 7.00. The summed E-state index contributed by atoms with van der Waals surface area (Å²) in [4.78, 5) is 0. The van der Waals surface area contributed by atoms with Crippen LogP contribution in [0.1, 0.15) is 6.42 Å². The van der Waals surface area contributed by atoms with Crippen LogP contribution < -0.4 is 0 Å². The molecule has 3 aliphatic heterocycles. The van der Waals surface area contributed by atoms with E-state index in [9.17, 15) is 25.5 Å². The smallest absolute Gasteiger partial charge is 0.288 e. The molecular formula is C12H20O10. The van der Waals surface area contributed by atoms with Crippen molar-refractivity contribution in [3.05, 3.63) is 0 Å². The van der Waals surface area contributed by atoms with Gasteiger partial charge in [-0.1, -0.05) is 0 Å². The fourth-order valence-electron chi connectivity index (χ4n) is 3.02. The van der Waals surface area contributed by atoms with E-state index in [2.05, 4.69) is 0 Å². The molecule has 2 spiro atoms. The molecule has 22 heavy (non-hydrogen) atoms. The zero-order chi connectivity index (χ0) is 16.1. The molecular weight excluding hydrogens is 304 g/mol. The van der Waals surface area contributed by atoms with E-state index in [1.807, 2.05) is 0 Å². The van der Waals surface area contributed by atoms with Gasteiger partial charge in [0.15, 0.2) is 0 Å². The summed E-state index contributed by atoms with van der Waals surface area (Å²) in [6.45, 7) is -1.43. The van der Waals surface area contributed by atoms with Gasteiger partial charge in [0.2, 0.25) is 5.79 Å². The summed E-state index contributed by atoms with van der Waals surface area (Å²) in [6.07, 6.45) is -7.94. The molecule has 3 saturated heterocycles. The van der Waals surface area contributed by atoms with Gasteiger partial charge in [0, 0.05) is 0 Å². The molecule has 128 valence electrons. The molecule has 0 aliphatic carbocycles. The Labute approximate surface area is 125 Å². The van der Waals surface area contributed by atoms with Crippen LogP contribution >= 0.6 is 0 Å². The molecule has 0 aromatic carbocycles. The summed E-state index contributed by atoms with van der Waals surface area (Å²) < 4.78 is 21.6. The first-order chi connectivity index (χ1) is 10.4. The van der Waals surface area contributed by atoms with Crippen molar-refractivity contribution in [3.8, 4) is 0 Å². The van der Waals surface area contributed by atoms with Crippen molar-refractivity contribution in [1.29, 1.82) is 0 Å². The Hall–Kier alpha value is -0.400. The first kappa shape index (κ1) is 16.5. The van der Waals surface area contributed by atoms with Crippen molar-refractivity contribution < 1.29 is 49.6 Å². The summed E-state index contributed by atoms with van der Waals surface area (Å²) in [7, 11) is 0. The van der Waals surface area contributed by atoms with Gasteiger partial charge in [-0.15, -0.1) is 0 Å². The minimum atomic E-state index is -1.82. The molecule has 1 unspecified atom stereocenters. The van der Waals surface area contributed by atoms with Gasteiger partial charge in [0.1, 0.15) is 37.1 Å². The van der Waals surface area contributed by atoms with Crippen LogP contribution in [0.3, 0.4) is 0 Å². The van der Waals surface area contributed by atoms with Crippen LogP contribution in [-0.2, 0) is 18.9 Å². The van der Waals surface area contributed by atoms with Gasteiger partial charge in [-0.05, 0) is 0 Å². The maximum Gasteiger partial charge on any atom is 0.288 e. The Bertz CT molecular complexity index is 421. The zero-order valence-electron chi connectivity index (χ0n) is 11.6. The Morgan fingerprint density at radius 2 is 1.55 bits per heavy atom. The highest BCUT2D eigenvalue weighted by Gasteiger charge is 2.66. The molecule has 3 rings (SSSR count). The predicted molar refractivity (Wildman–Crippen MR) is 65.1 cm³/mol. The summed E-state index contributed by atoms with van der Waals surface area (Å²) >= 11 is 0. The topological polar surface area (TPSA) is 158 Å².